The molecule has 3 N–H and O–H groups in total. The molecule has 0 radical (unpaired) electrons. The van der Waals surface area contributed by atoms with Gasteiger partial charge in [0.05, 0.1) is 18.7 Å². The van der Waals surface area contributed by atoms with Gasteiger partial charge in [-0.2, -0.15) is 0 Å². The number of aromatic nitrogens is 2. The second-order valence-electron chi connectivity index (χ2n) is 7.52. The van der Waals surface area contributed by atoms with Crippen LogP contribution >= 0.6 is 11.6 Å². The van der Waals surface area contributed by atoms with Crippen LogP contribution in [0.3, 0.4) is 0 Å². The number of halogens is 1. The Morgan fingerprint density at radius 3 is 3.00 bits per heavy atom. The first kappa shape index (κ1) is 20.4. The third-order valence-corrected chi connectivity index (χ3v) is 5.52. The number of hydrogen-bond acceptors (Lipinski definition) is 5. The van der Waals surface area contributed by atoms with Gasteiger partial charge in [0.25, 0.3) is 5.91 Å². The maximum absolute atomic E-state index is 12.9. The SMILES string of the molecule is CCOC(=O)C[C@@]1(O)CC(NC(=O)c2cc3cc(Cl)ccc3[nH]2)Cc2cccnc21. The third kappa shape index (κ3) is 4.04. The van der Waals surface area contributed by atoms with Gasteiger partial charge >= 0.3 is 5.97 Å². The smallest absolute Gasteiger partial charge is 0.309 e. The second kappa shape index (κ2) is 8.08. The highest BCUT2D eigenvalue weighted by atomic mass is 35.5. The first-order valence-electron chi connectivity index (χ1n) is 9.79. The van der Waals surface area contributed by atoms with Gasteiger partial charge in [0, 0.05) is 34.6 Å². The Labute approximate surface area is 178 Å². The molecule has 156 valence electrons. The Bertz CT molecular complexity index is 1110. The molecule has 2 atom stereocenters. The number of nitrogens with one attached hydrogen (secondary N) is 2. The summed E-state index contributed by atoms with van der Waals surface area (Å²) in [5.74, 6) is -0.797. The molecule has 8 heteroatoms. The van der Waals surface area contributed by atoms with Crippen LogP contribution in [0.5, 0.6) is 0 Å². The van der Waals surface area contributed by atoms with E-state index in [9.17, 15) is 14.7 Å². The zero-order valence-electron chi connectivity index (χ0n) is 16.4. The van der Waals surface area contributed by atoms with E-state index in [1.807, 2.05) is 12.1 Å². The van der Waals surface area contributed by atoms with Crippen LogP contribution in [0.2, 0.25) is 5.02 Å². The van der Waals surface area contributed by atoms with Crippen molar-refractivity contribution in [3.8, 4) is 0 Å². The number of aromatic amines is 1. The third-order valence-electron chi connectivity index (χ3n) is 5.29. The zero-order chi connectivity index (χ0) is 21.3. The minimum absolute atomic E-state index is 0.160. The van der Waals surface area contributed by atoms with Crippen molar-refractivity contribution in [3.05, 3.63) is 64.6 Å². The maximum atomic E-state index is 12.9. The number of nitrogens with zero attached hydrogens (tertiary/aromatic N) is 1. The lowest BCUT2D eigenvalue weighted by molar-refractivity contribution is -0.150. The Hall–Kier alpha value is -2.90. The number of H-pyrrole nitrogens is 1. The minimum atomic E-state index is -1.51. The lowest BCUT2D eigenvalue weighted by Gasteiger charge is -2.37. The van der Waals surface area contributed by atoms with Crippen LogP contribution < -0.4 is 5.32 Å². The Morgan fingerprint density at radius 2 is 2.20 bits per heavy atom. The molecule has 7 nitrogen and oxygen atoms in total. The van der Waals surface area contributed by atoms with Gasteiger partial charge in [0.15, 0.2) is 0 Å². The lowest BCUT2D eigenvalue weighted by Crippen LogP contribution is -2.47. The standard InChI is InChI=1S/C22H22ClN3O4/c1-2-30-19(27)12-22(29)11-16(9-13-4-3-7-24-20(13)22)25-21(28)18-10-14-8-15(23)5-6-17(14)26-18/h3-8,10,16,26,29H,2,9,11-12H2,1H3,(H,25,28)/t16?,22-/m0/s1. The quantitative estimate of drug-likeness (QED) is 0.543. The maximum Gasteiger partial charge on any atom is 0.309 e. The Morgan fingerprint density at radius 1 is 1.37 bits per heavy atom. The van der Waals surface area contributed by atoms with E-state index in [2.05, 4.69) is 15.3 Å². The molecule has 2 heterocycles. The molecule has 0 saturated heterocycles. The Kier molecular flexibility index (Phi) is 5.49. The van der Waals surface area contributed by atoms with E-state index in [1.165, 1.54) is 0 Å². The molecule has 1 amide bonds. The lowest BCUT2D eigenvalue weighted by atomic mass is 9.78. The van der Waals surface area contributed by atoms with Gasteiger partial charge in [-0.05, 0) is 49.2 Å². The van der Waals surface area contributed by atoms with E-state index in [0.29, 0.717) is 22.8 Å². The number of hydrogen-bond donors (Lipinski definition) is 3. The van der Waals surface area contributed by atoms with E-state index in [1.54, 1.807) is 37.4 Å². The van der Waals surface area contributed by atoms with Gasteiger partial charge in [-0.3, -0.25) is 14.6 Å². The number of esters is 1. The number of carbonyl (C=O) groups is 2. The van der Waals surface area contributed by atoms with Crippen molar-refractivity contribution in [2.45, 2.75) is 37.8 Å². The van der Waals surface area contributed by atoms with Gasteiger partial charge in [-0.25, -0.2) is 0 Å². The number of aliphatic hydroxyl groups is 1. The summed E-state index contributed by atoms with van der Waals surface area (Å²) in [4.78, 5) is 32.3. The molecule has 1 unspecified atom stereocenters. The van der Waals surface area contributed by atoms with E-state index < -0.39 is 11.6 Å². The van der Waals surface area contributed by atoms with E-state index in [-0.39, 0.29) is 31.4 Å². The van der Waals surface area contributed by atoms with Crippen molar-refractivity contribution in [1.29, 1.82) is 0 Å². The van der Waals surface area contributed by atoms with Gasteiger partial charge in [-0.1, -0.05) is 17.7 Å². The van der Waals surface area contributed by atoms with Crippen molar-refractivity contribution in [2.24, 2.45) is 0 Å². The fourth-order valence-electron chi connectivity index (χ4n) is 4.06. The molecule has 0 fully saturated rings. The largest absolute Gasteiger partial charge is 0.466 e. The van der Waals surface area contributed by atoms with Crippen molar-refractivity contribution < 1.29 is 19.4 Å². The zero-order valence-corrected chi connectivity index (χ0v) is 17.2. The molecule has 0 bridgehead atoms. The second-order valence-corrected chi connectivity index (χ2v) is 7.95. The molecule has 0 spiro atoms. The monoisotopic (exact) mass is 427 g/mol. The summed E-state index contributed by atoms with van der Waals surface area (Å²) in [6.45, 7) is 1.94. The summed E-state index contributed by atoms with van der Waals surface area (Å²) in [6, 6.07) is 10.3. The first-order valence-corrected chi connectivity index (χ1v) is 10.2. The van der Waals surface area contributed by atoms with Crippen LogP contribution in [-0.4, -0.2) is 39.6 Å². The Balaban J connectivity index is 1.56. The first-order chi connectivity index (χ1) is 14.4. The molecule has 1 aliphatic carbocycles. The fourth-order valence-corrected chi connectivity index (χ4v) is 4.24. The highest BCUT2D eigenvalue weighted by molar-refractivity contribution is 6.31. The summed E-state index contributed by atoms with van der Waals surface area (Å²) in [7, 11) is 0. The van der Waals surface area contributed by atoms with Crippen LogP contribution in [0.4, 0.5) is 0 Å². The molecule has 1 aromatic carbocycles. The molecular formula is C22H22ClN3O4. The fraction of sp³-hybridized carbons (Fsp3) is 0.318. The summed E-state index contributed by atoms with van der Waals surface area (Å²) >= 11 is 6.02. The van der Waals surface area contributed by atoms with Crippen molar-refractivity contribution in [2.75, 3.05) is 6.61 Å². The van der Waals surface area contributed by atoms with Gasteiger partial charge < -0.3 is 20.1 Å². The van der Waals surface area contributed by atoms with Crippen molar-refractivity contribution in [3.63, 3.8) is 0 Å². The van der Waals surface area contributed by atoms with Crippen molar-refractivity contribution in [1.82, 2.24) is 15.3 Å². The molecular weight excluding hydrogens is 406 g/mol. The predicted octanol–water partition coefficient (Wildman–Crippen LogP) is 3.10. The van der Waals surface area contributed by atoms with Crippen LogP contribution in [-0.2, 0) is 21.6 Å². The number of carbonyl (C=O) groups excluding carboxylic acids is 2. The normalized spacial score (nSPS) is 20.6. The number of ether oxygens (including phenoxy) is 1. The average molecular weight is 428 g/mol. The highest BCUT2D eigenvalue weighted by Gasteiger charge is 2.42. The summed E-state index contributed by atoms with van der Waals surface area (Å²) in [5.41, 5.74) is 0.959. The number of benzene rings is 1. The minimum Gasteiger partial charge on any atom is -0.466 e. The summed E-state index contributed by atoms with van der Waals surface area (Å²) in [5, 5.41) is 15.7. The van der Waals surface area contributed by atoms with Gasteiger partial charge in [-0.15, -0.1) is 0 Å². The van der Waals surface area contributed by atoms with E-state index >= 15 is 0 Å². The topological polar surface area (TPSA) is 104 Å². The molecule has 3 aromatic rings. The number of amides is 1. The molecule has 2 aromatic heterocycles. The molecule has 30 heavy (non-hydrogen) atoms. The van der Waals surface area contributed by atoms with E-state index in [0.717, 1.165) is 16.5 Å². The van der Waals surface area contributed by atoms with E-state index in [4.69, 9.17) is 16.3 Å². The number of pyridine rings is 1. The van der Waals surface area contributed by atoms with Crippen LogP contribution in [0, 0.1) is 0 Å². The van der Waals surface area contributed by atoms with Crippen LogP contribution in [0.25, 0.3) is 10.9 Å². The molecule has 4 rings (SSSR count). The molecule has 0 aliphatic heterocycles. The van der Waals surface area contributed by atoms with Gasteiger partial charge in [0.2, 0.25) is 0 Å². The van der Waals surface area contributed by atoms with Gasteiger partial charge in [0.1, 0.15) is 11.3 Å². The number of rotatable bonds is 5. The van der Waals surface area contributed by atoms with Crippen molar-refractivity contribution >= 4 is 34.4 Å². The van der Waals surface area contributed by atoms with Crippen LogP contribution in [0.1, 0.15) is 41.5 Å². The summed E-state index contributed by atoms with van der Waals surface area (Å²) in [6.07, 6.45) is 2.03. The molecule has 0 saturated carbocycles. The number of fused-ring (bicyclic) bond motifs is 2. The average Bonchev–Trinajstić information content (AvgIpc) is 3.11. The highest BCUT2D eigenvalue weighted by Crippen LogP contribution is 2.37. The molecule has 1 aliphatic rings. The predicted molar refractivity (Wildman–Crippen MR) is 112 cm³/mol. The summed E-state index contributed by atoms with van der Waals surface area (Å²) < 4.78 is 5.02. The van der Waals surface area contributed by atoms with Crippen LogP contribution in [0.15, 0.2) is 42.6 Å².